The average Bonchev–Trinajstić information content (AvgIpc) is 2.80. The van der Waals surface area contributed by atoms with Crippen LogP contribution in [-0.2, 0) is 19.1 Å². The molecule has 1 heterocycles. The first-order valence-corrected chi connectivity index (χ1v) is 9.58. The maximum absolute atomic E-state index is 13.2. The van der Waals surface area contributed by atoms with Gasteiger partial charge in [-0.15, -0.1) is 0 Å². The molecule has 27 heavy (non-hydrogen) atoms. The normalized spacial score (nSPS) is 18.6. The number of ether oxygens (including phenoxy) is 2. The zero-order valence-electron chi connectivity index (χ0n) is 17.8. The maximum Gasteiger partial charge on any atom is 0.408 e. The van der Waals surface area contributed by atoms with Gasteiger partial charge < -0.3 is 14.8 Å². The minimum atomic E-state index is -0.848. The summed E-state index contributed by atoms with van der Waals surface area (Å²) in [6.45, 7) is 15.3. The van der Waals surface area contributed by atoms with Crippen molar-refractivity contribution >= 4 is 17.9 Å². The lowest BCUT2D eigenvalue weighted by atomic mass is 9.99. The predicted octanol–water partition coefficient (Wildman–Crippen LogP) is 3.24. The third-order valence-electron chi connectivity index (χ3n) is 3.95. The molecule has 154 valence electrons. The topological polar surface area (TPSA) is 84.9 Å². The second-order valence-corrected chi connectivity index (χ2v) is 8.54. The Kier molecular flexibility index (Phi) is 7.87. The zero-order chi connectivity index (χ0) is 20.9. The Labute approximate surface area is 162 Å². The third-order valence-corrected chi connectivity index (χ3v) is 3.95. The molecule has 3 amide bonds. The first-order chi connectivity index (χ1) is 12.4. The van der Waals surface area contributed by atoms with E-state index < -0.39 is 35.6 Å². The second kappa shape index (κ2) is 9.24. The summed E-state index contributed by atoms with van der Waals surface area (Å²) in [6, 6.07) is -1.32. The molecule has 2 atom stereocenters. The van der Waals surface area contributed by atoms with E-state index in [0.29, 0.717) is 18.8 Å². The van der Waals surface area contributed by atoms with E-state index in [4.69, 9.17) is 9.47 Å². The predicted molar refractivity (Wildman–Crippen MR) is 103 cm³/mol. The van der Waals surface area contributed by atoms with Crippen LogP contribution in [0.1, 0.15) is 61.8 Å². The Morgan fingerprint density at radius 2 is 1.81 bits per heavy atom. The van der Waals surface area contributed by atoms with Crippen LogP contribution in [0.25, 0.3) is 0 Å². The van der Waals surface area contributed by atoms with Crippen LogP contribution in [0.15, 0.2) is 11.8 Å². The van der Waals surface area contributed by atoms with E-state index in [1.807, 2.05) is 34.6 Å². The molecule has 1 aliphatic heterocycles. The van der Waals surface area contributed by atoms with Gasteiger partial charge in [-0.3, -0.25) is 14.5 Å². The molecule has 0 radical (unpaired) electrons. The molecule has 0 saturated heterocycles. The SMILES string of the molecule is CCOC1=CC(=O)N(C(=O)[C@H](CC(C)C)NC(=O)OC(C)(C)C)[C@H]1C(C)C. The number of imide groups is 1. The zero-order valence-corrected chi connectivity index (χ0v) is 17.8. The second-order valence-electron chi connectivity index (χ2n) is 8.54. The highest BCUT2D eigenvalue weighted by Crippen LogP contribution is 2.28. The number of nitrogens with one attached hydrogen (secondary N) is 1. The number of hydrogen-bond acceptors (Lipinski definition) is 5. The Hall–Kier alpha value is -2.05. The highest BCUT2D eigenvalue weighted by molar-refractivity contribution is 6.06. The summed E-state index contributed by atoms with van der Waals surface area (Å²) in [6.07, 6.45) is 1.09. The number of hydrogen-bond donors (Lipinski definition) is 1. The van der Waals surface area contributed by atoms with Crippen molar-refractivity contribution in [1.29, 1.82) is 0 Å². The Morgan fingerprint density at radius 1 is 1.22 bits per heavy atom. The molecule has 0 aromatic rings. The molecule has 1 rings (SSSR count). The number of nitrogens with zero attached hydrogens (tertiary/aromatic N) is 1. The Balaban J connectivity index is 3.06. The Morgan fingerprint density at radius 3 is 2.26 bits per heavy atom. The van der Waals surface area contributed by atoms with Gasteiger partial charge >= 0.3 is 6.09 Å². The van der Waals surface area contributed by atoms with Gasteiger partial charge in [0.05, 0.1) is 12.6 Å². The number of alkyl carbamates (subject to hydrolysis) is 1. The van der Waals surface area contributed by atoms with Crippen LogP contribution in [0, 0.1) is 11.8 Å². The number of carbonyl (C=O) groups is 3. The lowest BCUT2D eigenvalue weighted by molar-refractivity contribution is -0.146. The van der Waals surface area contributed by atoms with E-state index in [2.05, 4.69) is 5.32 Å². The van der Waals surface area contributed by atoms with E-state index >= 15 is 0 Å². The number of carbonyl (C=O) groups excluding carboxylic acids is 3. The molecular weight excluding hydrogens is 348 g/mol. The monoisotopic (exact) mass is 382 g/mol. The van der Waals surface area contributed by atoms with Gasteiger partial charge in [0.2, 0.25) is 0 Å². The molecule has 0 saturated carbocycles. The van der Waals surface area contributed by atoms with Crippen molar-refractivity contribution in [3.05, 3.63) is 11.8 Å². The molecular formula is C20H34N2O5. The quantitative estimate of drug-likeness (QED) is 0.731. The summed E-state index contributed by atoms with van der Waals surface area (Å²) in [4.78, 5) is 39.1. The third kappa shape index (κ3) is 6.56. The molecule has 7 heteroatoms. The van der Waals surface area contributed by atoms with Crippen molar-refractivity contribution in [3.8, 4) is 0 Å². The number of rotatable bonds is 7. The minimum Gasteiger partial charge on any atom is -0.496 e. The molecule has 0 aromatic carbocycles. The van der Waals surface area contributed by atoms with E-state index in [0.717, 1.165) is 0 Å². The molecule has 0 spiro atoms. The van der Waals surface area contributed by atoms with E-state index in [1.54, 1.807) is 20.8 Å². The summed E-state index contributed by atoms with van der Waals surface area (Å²) in [5, 5.41) is 2.64. The van der Waals surface area contributed by atoms with Gasteiger partial charge in [-0.2, -0.15) is 0 Å². The van der Waals surface area contributed by atoms with Crippen LogP contribution in [0.2, 0.25) is 0 Å². The van der Waals surface area contributed by atoms with Gasteiger partial charge in [0.25, 0.3) is 11.8 Å². The summed E-state index contributed by atoms with van der Waals surface area (Å²) >= 11 is 0. The van der Waals surface area contributed by atoms with Crippen LogP contribution in [0.3, 0.4) is 0 Å². The minimum absolute atomic E-state index is 0.0144. The first kappa shape index (κ1) is 23.0. The molecule has 1 N–H and O–H groups in total. The summed E-state index contributed by atoms with van der Waals surface area (Å²) in [5.41, 5.74) is -0.677. The molecule has 0 unspecified atom stereocenters. The maximum atomic E-state index is 13.2. The van der Waals surface area contributed by atoms with Crippen LogP contribution in [-0.4, -0.2) is 47.1 Å². The van der Waals surface area contributed by atoms with E-state index in [-0.39, 0.29) is 11.8 Å². The lowest BCUT2D eigenvalue weighted by Gasteiger charge is -2.32. The summed E-state index contributed by atoms with van der Waals surface area (Å²) in [5.74, 6) is -0.236. The standard InChI is InChI=1S/C20H34N2O5/c1-9-26-15-11-16(23)22(17(15)13(4)5)18(24)14(10-12(2)3)21-19(25)27-20(6,7)8/h11-14,17H,9-10H2,1-8H3,(H,21,25)/t14-,17-/m0/s1. The average molecular weight is 383 g/mol. The fraction of sp³-hybridized carbons (Fsp3) is 0.750. The molecule has 0 aromatic heterocycles. The van der Waals surface area contributed by atoms with Gasteiger partial charge in [0, 0.05) is 6.08 Å². The Bertz CT molecular complexity index is 590. The number of amides is 3. The van der Waals surface area contributed by atoms with Gasteiger partial charge in [0.1, 0.15) is 17.4 Å². The van der Waals surface area contributed by atoms with E-state index in [1.165, 1.54) is 11.0 Å². The van der Waals surface area contributed by atoms with Gasteiger partial charge in [-0.25, -0.2) is 4.79 Å². The van der Waals surface area contributed by atoms with Crippen LogP contribution in [0.5, 0.6) is 0 Å². The van der Waals surface area contributed by atoms with Crippen molar-refractivity contribution < 1.29 is 23.9 Å². The molecule has 0 bridgehead atoms. The summed E-state index contributed by atoms with van der Waals surface area (Å²) < 4.78 is 10.8. The van der Waals surface area contributed by atoms with Crippen LogP contribution < -0.4 is 5.32 Å². The fourth-order valence-corrected chi connectivity index (χ4v) is 3.02. The highest BCUT2D eigenvalue weighted by atomic mass is 16.6. The van der Waals surface area contributed by atoms with Gasteiger partial charge in [-0.05, 0) is 46.0 Å². The molecule has 0 fully saturated rings. The van der Waals surface area contributed by atoms with Crippen molar-refractivity contribution in [3.63, 3.8) is 0 Å². The largest absolute Gasteiger partial charge is 0.496 e. The van der Waals surface area contributed by atoms with Crippen molar-refractivity contribution in [2.75, 3.05) is 6.61 Å². The van der Waals surface area contributed by atoms with Crippen LogP contribution in [0.4, 0.5) is 4.79 Å². The van der Waals surface area contributed by atoms with Crippen molar-refractivity contribution in [1.82, 2.24) is 10.2 Å². The van der Waals surface area contributed by atoms with E-state index in [9.17, 15) is 14.4 Å². The van der Waals surface area contributed by atoms with Gasteiger partial charge in [0.15, 0.2) is 0 Å². The molecule has 0 aliphatic carbocycles. The first-order valence-electron chi connectivity index (χ1n) is 9.58. The highest BCUT2D eigenvalue weighted by Gasteiger charge is 2.43. The van der Waals surface area contributed by atoms with Crippen LogP contribution >= 0.6 is 0 Å². The van der Waals surface area contributed by atoms with Crippen molar-refractivity contribution in [2.45, 2.75) is 79.5 Å². The molecule has 7 nitrogen and oxygen atoms in total. The molecule has 1 aliphatic rings. The van der Waals surface area contributed by atoms with Gasteiger partial charge in [-0.1, -0.05) is 27.7 Å². The smallest absolute Gasteiger partial charge is 0.408 e. The fourth-order valence-electron chi connectivity index (χ4n) is 3.02. The summed E-state index contributed by atoms with van der Waals surface area (Å²) in [7, 11) is 0. The van der Waals surface area contributed by atoms with Crippen molar-refractivity contribution in [2.24, 2.45) is 11.8 Å². The lowest BCUT2D eigenvalue weighted by Crippen LogP contribution is -2.54.